The fourth-order valence-corrected chi connectivity index (χ4v) is 1.80. The van der Waals surface area contributed by atoms with Crippen LogP contribution in [-0.4, -0.2) is 28.1 Å². The van der Waals surface area contributed by atoms with Gasteiger partial charge in [0.25, 0.3) is 0 Å². The second kappa shape index (κ2) is 3.99. The minimum Gasteiger partial charge on any atom is -0.399 e. The van der Waals surface area contributed by atoms with E-state index in [0.29, 0.717) is 5.46 Å². The first kappa shape index (κ1) is 14.4. The van der Waals surface area contributed by atoms with Crippen LogP contribution in [0.2, 0.25) is 0 Å². The highest BCUT2D eigenvalue weighted by Gasteiger charge is 2.53. The Labute approximate surface area is 110 Å². The highest BCUT2D eigenvalue weighted by Crippen LogP contribution is 2.36. The highest BCUT2D eigenvalue weighted by atomic mass is 19.4. The largest absolute Gasteiger partial charge is 0.504 e. The second-order valence-electron chi connectivity index (χ2n) is 5.67. The maximum absolute atomic E-state index is 12.6. The van der Waals surface area contributed by atoms with E-state index in [9.17, 15) is 13.2 Å². The third-order valence-corrected chi connectivity index (χ3v) is 3.70. The van der Waals surface area contributed by atoms with Crippen LogP contribution in [0.4, 0.5) is 13.2 Å². The highest BCUT2D eigenvalue weighted by molar-refractivity contribution is 6.62. The number of alkyl halides is 3. The van der Waals surface area contributed by atoms with E-state index in [1.807, 2.05) is 27.7 Å². The topological polar surface area (TPSA) is 36.3 Å². The SMILES string of the molecule is Cc1nn(C(F)(F)F)cc1B1OC(C)(C)C(C)(C)O1. The number of hydrogen-bond donors (Lipinski definition) is 0. The molecule has 1 fully saturated rings. The van der Waals surface area contributed by atoms with Gasteiger partial charge >= 0.3 is 13.4 Å². The lowest BCUT2D eigenvalue weighted by Crippen LogP contribution is -2.41. The van der Waals surface area contributed by atoms with Crippen molar-refractivity contribution in [2.24, 2.45) is 0 Å². The number of nitrogens with zero attached hydrogens (tertiary/aromatic N) is 2. The van der Waals surface area contributed by atoms with Gasteiger partial charge in [0.05, 0.1) is 16.9 Å². The normalized spacial score (nSPS) is 22.0. The Kier molecular flexibility index (Phi) is 3.02. The molecule has 1 aliphatic heterocycles. The summed E-state index contributed by atoms with van der Waals surface area (Å²) in [7, 11) is -0.832. The molecule has 8 heteroatoms. The molecular formula is C11H16BF3N2O2. The number of hydrogen-bond acceptors (Lipinski definition) is 3. The van der Waals surface area contributed by atoms with Gasteiger partial charge in [-0.1, -0.05) is 0 Å². The fourth-order valence-electron chi connectivity index (χ4n) is 1.80. The Morgan fingerprint density at radius 1 is 1.16 bits per heavy atom. The molecule has 4 nitrogen and oxygen atoms in total. The van der Waals surface area contributed by atoms with Crippen molar-refractivity contribution in [1.82, 2.24) is 9.78 Å². The fraction of sp³-hybridized carbons (Fsp3) is 0.727. The van der Waals surface area contributed by atoms with Crippen LogP contribution in [0.3, 0.4) is 0 Å². The molecular weight excluding hydrogens is 260 g/mol. The van der Waals surface area contributed by atoms with E-state index in [0.717, 1.165) is 6.20 Å². The monoisotopic (exact) mass is 276 g/mol. The van der Waals surface area contributed by atoms with Gasteiger partial charge in [-0.3, -0.25) is 0 Å². The van der Waals surface area contributed by atoms with E-state index in [4.69, 9.17) is 9.31 Å². The van der Waals surface area contributed by atoms with Crippen LogP contribution in [-0.2, 0) is 15.6 Å². The molecule has 2 heterocycles. The van der Waals surface area contributed by atoms with Gasteiger partial charge in [0.15, 0.2) is 0 Å². The van der Waals surface area contributed by atoms with E-state index in [-0.39, 0.29) is 10.4 Å². The minimum absolute atomic E-state index is 0.0251. The van der Waals surface area contributed by atoms with Crippen molar-refractivity contribution in [2.75, 3.05) is 0 Å². The Morgan fingerprint density at radius 2 is 1.63 bits per heavy atom. The van der Waals surface area contributed by atoms with E-state index < -0.39 is 24.6 Å². The molecule has 0 amide bonds. The second-order valence-corrected chi connectivity index (χ2v) is 5.67. The molecule has 0 radical (unpaired) electrons. The van der Waals surface area contributed by atoms with E-state index in [1.54, 1.807) is 0 Å². The zero-order valence-corrected chi connectivity index (χ0v) is 11.5. The summed E-state index contributed by atoms with van der Waals surface area (Å²) in [6.45, 7) is 8.88. The van der Waals surface area contributed by atoms with Gasteiger partial charge in [-0.25, -0.2) is 0 Å². The molecule has 2 rings (SSSR count). The van der Waals surface area contributed by atoms with Crippen LogP contribution < -0.4 is 5.46 Å². The molecule has 0 spiro atoms. The van der Waals surface area contributed by atoms with Crippen LogP contribution in [0.5, 0.6) is 0 Å². The molecule has 0 atom stereocenters. The van der Waals surface area contributed by atoms with Crippen molar-refractivity contribution < 1.29 is 22.5 Å². The lowest BCUT2D eigenvalue weighted by molar-refractivity contribution is -0.212. The lowest BCUT2D eigenvalue weighted by Gasteiger charge is -2.32. The third-order valence-electron chi connectivity index (χ3n) is 3.70. The van der Waals surface area contributed by atoms with Gasteiger partial charge < -0.3 is 9.31 Å². The summed E-state index contributed by atoms with van der Waals surface area (Å²) in [5, 5.41) is 3.45. The Balaban J connectivity index is 2.33. The Bertz CT molecular complexity index is 481. The van der Waals surface area contributed by atoms with Gasteiger partial charge in [0.1, 0.15) is 0 Å². The molecule has 0 saturated carbocycles. The average Bonchev–Trinajstić information content (AvgIpc) is 2.65. The Morgan fingerprint density at radius 3 is 2.00 bits per heavy atom. The molecule has 1 aromatic rings. The molecule has 106 valence electrons. The summed E-state index contributed by atoms with van der Waals surface area (Å²) in [5.41, 5.74) is -0.638. The maximum atomic E-state index is 12.6. The number of halogens is 3. The smallest absolute Gasteiger partial charge is 0.399 e. The van der Waals surface area contributed by atoms with Crippen molar-refractivity contribution >= 4 is 12.6 Å². The van der Waals surface area contributed by atoms with Gasteiger partial charge in [-0.05, 0) is 34.6 Å². The van der Waals surface area contributed by atoms with Crippen LogP contribution in [0, 0.1) is 6.92 Å². The molecule has 19 heavy (non-hydrogen) atoms. The van der Waals surface area contributed by atoms with Crippen molar-refractivity contribution in [3.63, 3.8) is 0 Å². The van der Waals surface area contributed by atoms with E-state index in [2.05, 4.69) is 5.10 Å². The molecule has 0 N–H and O–H groups in total. The van der Waals surface area contributed by atoms with Crippen molar-refractivity contribution in [1.29, 1.82) is 0 Å². The predicted molar refractivity (Wildman–Crippen MR) is 64.0 cm³/mol. The Hall–Kier alpha value is -1.02. The molecule has 0 aliphatic carbocycles. The summed E-state index contributed by atoms with van der Waals surface area (Å²) >= 11 is 0. The maximum Gasteiger partial charge on any atom is 0.504 e. The summed E-state index contributed by atoms with van der Waals surface area (Å²) in [6, 6.07) is 0. The summed E-state index contributed by atoms with van der Waals surface area (Å²) in [6.07, 6.45) is -3.62. The first-order valence-corrected chi connectivity index (χ1v) is 5.93. The summed E-state index contributed by atoms with van der Waals surface area (Å²) in [4.78, 5) is 0. The van der Waals surface area contributed by atoms with Crippen LogP contribution in [0.15, 0.2) is 6.20 Å². The molecule has 1 saturated heterocycles. The zero-order chi connectivity index (χ0) is 14.6. The first-order chi connectivity index (χ1) is 8.44. The zero-order valence-electron chi connectivity index (χ0n) is 11.5. The van der Waals surface area contributed by atoms with Gasteiger partial charge in [-0.2, -0.15) is 9.78 Å². The van der Waals surface area contributed by atoms with Crippen molar-refractivity contribution in [3.05, 3.63) is 11.9 Å². The summed E-state index contributed by atoms with van der Waals surface area (Å²) < 4.78 is 49.2. The van der Waals surface area contributed by atoms with E-state index in [1.165, 1.54) is 6.92 Å². The predicted octanol–water partition coefficient (Wildman–Crippen LogP) is 1.97. The van der Waals surface area contributed by atoms with Gasteiger partial charge in [-0.15, -0.1) is 13.2 Å². The van der Waals surface area contributed by atoms with Crippen molar-refractivity contribution in [2.45, 2.75) is 52.1 Å². The van der Waals surface area contributed by atoms with Crippen molar-refractivity contribution in [3.8, 4) is 0 Å². The van der Waals surface area contributed by atoms with Crippen LogP contribution in [0.25, 0.3) is 0 Å². The molecule has 0 bridgehead atoms. The van der Waals surface area contributed by atoms with Gasteiger partial charge in [0, 0.05) is 11.7 Å². The molecule has 1 aromatic heterocycles. The average molecular weight is 276 g/mol. The summed E-state index contributed by atoms with van der Waals surface area (Å²) in [5.74, 6) is 0. The van der Waals surface area contributed by atoms with Crippen LogP contribution >= 0.6 is 0 Å². The number of rotatable bonds is 1. The quantitative estimate of drug-likeness (QED) is 0.736. The molecule has 0 aromatic carbocycles. The van der Waals surface area contributed by atoms with Gasteiger partial charge in [0.2, 0.25) is 0 Å². The number of aryl methyl sites for hydroxylation is 1. The lowest BCUT2D eigenvalue weighted by atomic mass is 9.79. The standard InChI is InChI=1S/C11H16BF3N2O2/c1-7-8(6-17(16-7)11(13,14)15)12-18-9(2,3)10(4,5)19-12/h6H,1-5H3. The minimum atomic E-state index is -4.54. The number of aromatic nitrogens is 2. The first-order valence-electron chi connectivity index (χ1n) is 5.93. The molecule has 1 aliphatic rings. The van der Waals surface area contributed by atoms with E-state index >= 15 is 0 Å². The third kappa shape index (κ3) is 2.39. The molecule has 0 unspecified atom stereocenters. The van der Waals surface area contributed by atoms with Crippen LogP contribution in [0.1, 0.15) is 33.4 Å².